The van der Waals surface area contributed by atoms with Gasteiger partial charge in [0.25, 0.3) is 0 Å². The van der Waals surface area contributed by atoms with Gasteiger partial charge in [-0.05, 0) is 29.8 Å². The van der Waals surface area contributed by atoms with Gasteiger partial charge in [-0.2, -0.15) is 0 Å². The van der Waals surface area contributed by atoms with E-state index in [4.69, 9.17) is 9.40 Å². The molecule has 1 aromatic carbocycles. The molecule has 32 heavy (non-hydrogen) atoms. The topological polar surface area (TPSA) is 79.8 Å². The minimum absolute atomic E-state index is 0.234. The SMILES string of the molecule is CCC(=O)N1CCN(c2ccc(-c3cnc(CCc4ccco4)n4cnnc34)cc2)CC1. The number of hydrogen-bond donors (Lipinski definition) is 0. The molecule has 4 heterocycles. The quantitative estimate of drug-likeness (QED) is 0.467. The number of fused-ring (bicyclic) bond motifs is 1. The van der Waals surface area contributed by atoms with Crippen molar-refractivity contribution in [3.05, 3.63) is 66.8 Å². The summed E-state index contributed by atoms with van der Waals surface area (Å²) in [6.45, 7) is 5.17. The van der Waals surface area contributed by atoms with Crippen molar-refractivity contribution < 1.29 is 9.21 Å². The van der Waals surface area contributed by atoms with Crippen LogP contribution in [0.4, 0.5) is 5.69 Å². The minimum atomic E-state index is 0.234. The highest BCUT2D eigenvalue weighted by molar-refractivity contribution is 5.78. The Hall–Kier alpha value is -3.68. The van der Waals surface area contributed by atoms with Crippen molar-refractivity contribution in [3.8, 4) is 11.1 Å². The van der Waals surface area contributed by atoms with Crippen LogP contribution >= 0.6 is 0 Å². The Balaban J connectivity index is 1.32. The smallest absolute Gasteiger partial charge is 0.222 e. The number of aromatic nitrogens is 4. The van der Waals surface area contributed by atoms with E-state index in [9.17, 15) is 4.79 Å². The summed E-state index contributed by atoms with van der Waals surface area (Å²) < 4.78 is 7.39. The number of aryl methyl sites for hydroxylation is 2. The van der Waals surface area contributed by atoms with Crippen LogP contribution in [-0.2, 0) is 17.6 Å². The van der Waals surface area contributed by atoms with Crippen molar-refractivity contribution in [2.45, 2.75) is 26.2 Å². The molecule has 164 valence electrons. The van der Waals surface area contributed by atoms with Crippen molar-refractivity contribution in [1.82, 2.24) is 24.5 Å². The van der Waals surface area contributed by atoms with Crippen LogP contribution in [0.1, 0.15) is 24.9 Å². The van der Waals surface area contributed by atoms with Gasteiger partial charge in [-0.15, -0.1) is 10.2 Å². The van der Waals surface area contributed by atoms with Gasteiger partial charge in [-0.25, -0.2) is 4.98 Å². The van der Waals surface area contributed by atoms with Crippen LogP contribution in [0.5, 0.6) is 0 Å². The monoisotopic (exact) mass is 430 g/mol. The molecule has 4 aromatic rings. The molecule has 8 heteroatoms. The van der Waals surface area contributed by atoms with Crippen LogP contribution < -0.4 is 4.90 Å². The van der Waals surface area contributed by atoms with Crippen molar-refractivity contribution >= 4 is 17.2 Å². The van der Waals surface area contributed by atoms with Gasteiger partial charge in [-0.1, -0.05) is 19.1 Å². The van der Waals surface area contributed by atoms with Gasteiger partial charge >= 0.3 is 0 Å². The van der Waals surface area contributed by atoms with Gasteiger partial charge in [0.15, 0.2) is 5.65 Å². The summed E-state index contributed by atoms with van der Waals surface area (Å²) in [6.07, 6.45) is 7.38. The van der Waals surface area contributed by atoms with Gasteiger partial charge < -0.3 is 14.2 Å². The van der Waals surface area contributed by atoms with Gasteiger partial charge in [-0.3, -0.25) is 9.20 Å². The lowest BCUT2D eigenvalue weighted by molar-refractivity contribution is -0.131. The molecule has 1 aliphatic heterocycles. The number of carbonyl (C=O) groups is 1. The summed E-state index contributed by atoms with van der Waals surface area (Å²) in [6, 6.07) is 12.3. The highest BCUT2D eigenvalue weighted by Crippen LogP contribution is 2.27. The maximum Gasteiger partial charge on any atom is 0.222 e. The fourth-order valence-corrected chi connectivity index (χ4v) is 4.23. The van der Waals surface area contributed by atoms with Crippen LogP contribution in [0.3, 0.4) is 0 Å². The first-order valence-electron chi connectivity index (χ1n) is 11.1. The van der Waals surface area contributed by atoms with Crippen molar-refractivity contribution in [1.29, 1.82) is 0 Å². The van der Waals surface area contributed by atoms with E-state index in [1.807, 2.05) is 34.6 Å². The Bertz CT molecular complexity index is 1190. The van der Waals surface area contributed by atoms with Gasteiger partial charge in [0.2, 0.25) is 5.91 Å². The zero-order chi connectivity index (χ0) is 21.9. The number of rotatable bonds is 6. The molecule has 1 amide bonds. The lowest BCUT2D eigenvalue weighted by Gasteiger charge is -2.36. The molecule has 0 N–H and O–H groups in total. The standard InChI is InChI=1S/C24H26N6O2/c1-2-23(31)29-13-11-28(12-14-29)19-7-5-18(6-8-19)21-16-25-22(30-17-26-27-24(21)30)10-9-20-4-3-15-32-20/h3-8,15-17H,2,9-14H2,1H3. The molecule has 3 aromatic heterocycles. The molecule has 1 saturated heterocycles. The number of amides is 1. The summed E-state index contributed by atoms with van der Waals surface area (Å²) >= 11 is 0. The molecule has 0 atom stereocenters. The second kappa shape index (κ2) is 8.82. The Morgan fingerprint density at radius 1 is 1.06 bits per heavy atom. The van der Waals surface area contributed by atoms with Crippen LogP contribution in [0.25, 0.3) is 16.8 Å². The Labute approximate surface area is 186 Å². The fourth-order valence-electron chi connectivity index (χ4n) is 4.23. The Morgan fingerprint density at radius 2 is 1.88 bits per heavy atom. The van der Waals surface area contributed by atoms with Crippen molar-refractivity contribution in [2.24, 2.45) is 0 Å². The molecule has 5 rings (SSSR count). The van der Waals surface area contributed by atoms with E-state index in [-0.39, 0.29) is 5.91 Å². The largest absolute Gasteiger partial charge is 0.469 e. The number of nitrogens with zero attached hydrogens (tertiary/aromatic N) is 6. The van der Waals surface area contributed by atoms with Crippen molar-refractivity contribution in [2.75, 3.05) is 31.1 Å². The maximum atomic E-state index is 11.9. The molecule has 1 aliphatic rings. The first-order chi connectivity index (χ1) is 15.7. The summed E-state index contributed by atoms with van der Waals surface area (Å²) in [7, 11) is 0. The van der Waals surface area contributed by atoms with Crippen LogP contribution in [-0.4, -0.2) is 56.6 Å². The Kier molecular flexibility index (Phi) is 5.58. The predicted molar refractivity (Wildman–Crippen MR) is 121 cm³/mol. The zero-order valence-electron chi connectivity index (χ0n) is 18.1. The van der Waals surface area contributed by atoms with Gasteiger partial charge in [0, 0.05) is 62.9 Å². The van der Waals surface area contributed by atoms with E-state index in [1.165, 1.54) is 0 Å². The third-order valence-corrected chi connectivity index (χ3v) is 6.06. The average molecular weight is 431 g/mol. The van der Waals surface area contributed by atoms with Crippen LogP contribution in [0.15, 0.2) is 59.6 Å². The normalized spacial score (nSPS) is 14.3. The molecule has 8 nitrogen and oxygen atoms in total. The lowest BCUT2D eigenvalue weighted by Crippen LogP contribution is -2.48. The van der Waals surface area contributed by atoms with E-state index < -0.39 is 0 Å². The average Bonchev–Trinajstić information content (AvgIpc) is 3.55. The first-order valence-corrected chi connectivity index (χ1v) is 11.1. The number of benzene rings is 1. The van der Waals surface area contributed by atoms with Crippen molar-refractivity contribution in [3.63, 3.8) is 0 Å². The number of hydrogen-bond acceptors (Lipinski definition) is 6. The zero-order valence-corrected chi connectivity index (χ0v) is 18.1. The maximum absolute atomic E-state index is 11.9. The molecule has 0 unspecified atom stereocenters. The molecule has 0 radical (unpaired) electrons. The third kappa shape index (κ3) is 3.95. The fraction of sp³-hybridized carbons (Fsp3) is 0.333. The summed E-state index contributed by atoms with van der Waals surface area (Å²) in [5.74, 6) is 2.08. The van der Waals surface area contributed by atoms with Crippen LogP contribution in [0, 0.1) is 0 Å². The number of piperazine rings is 1. The molecule has 0 saturated carbocycles. The van der Waals surface area contributed by atoms with Crippen LogP contribution in [0.2, 0.25) is 0 Å². The van der Waals surface area contributed by atoms with E-state index in [1.54, 1.807) is 12.6 Å². The molecule has 0 aliphatic carbocycles. The first kappa shape index (κ1) is 20.2. The number of carbonyl (C=O) groups excluding carboxylic acids is 1. The van der Waals surface area contributed by atoms with Gasteiger partial charge in [0.05, 0.1) is 6.26 Å². The minimum Gasteiger partial charge on any atom is -0.469 e. The molecule has 0 bridgehead atoms. The molecule has 0 spiro atoms. The van der Waals surface area contributed by atoms with E-state index >= 15 is 0 Å². The highest BCUT2D eigenvalue weighted by atomic mass is 16.3. The van der Waals surface area contributed by atoms with E-state index in [0.29, 0.717) is 6.42 Å². The third-order valence-electron chi connectivity index (χ3n) is 6.06. The summed E-state index contributed by atoms with van der Waals surface area (Å²) in [5, 5.41) is 8.47. The highest BCUT2D eigenvalue weighted by Gasteiger charge is 2.20. The summed E-state index contributed by atoms with van der Waals surface area (Å²) in [4.78, 5) is 20.9. The summed E-state index contributed by atoms with van der Waals surface area (Å²) in [5.41, 5.74) is 3.97. The molecular formula is C24H26N6O2. The number of furan rings is 1. The second-order valence-electron chi connectivity index (χ2n) is 7.96. The number of anilines is 1. The Morgan fingerprint density at radius 3 is 2.59 bits per heavy atom. The predicted octanol–water partition coefficient (Wildman–Crippen LogP) is 3.23. The second-order valence-corrected chi connectivity index (χ2v) is 7.96. The van der Waals surface area contributed by atoms with Gasteiger partial charge in [0.1, 0.15) is 17.9 Å². The van der Waals surface area contributed by atoms with E-state index in [2.05, 4.69) is 39.4 Å². The van der Waals surface area contributed by atoms with E-state index in [0.717, 1.165) is 73.1 Å². The molecule has 1 fully saturated rings. The lowest BCUT2D eigenvalue weighted by atomic mass is 10.1. The molecular weight excluding hydrogens is 404 g/mol.